The fraction of sp³-hybridized carbons (Fsp3) is 0.0909. The third-order valence-corrected chi connectivity index (χ3v) is 7.41. The van der Waals surface area contributed by atoms with E-state index in [0.29, 0.717) is 0 Å². The number of fused-ring (bicyclic) bond motifs is 3. The summed E-state index contributed by atoms with van der Waals surface area (Å²) in [6.45, 7) is 4.61. The lowest BCUT2D eigenvalue weighted by molar-refractivity contribution is 0.660. The van der Waals surface area contributed by atoms with Gasteiger partial charge in [0, 0.05) is 22.5 Å². The number of hydrogen-bond donors (Lipinski definition) is 0. The van der Waals surface area contributed by atoms with E-state index in [1.807, 2.05) is 30.3 Å². The lowest BCUT2D eigenvalue weighted by Gasteiger charge is -2.28. The summed E-state index contributed by atoms with van der Waals surface area (Å²) in [4.78, 5) is 13.0. The first-order chi connectivity index (χ1) is 18.1. The number of rotatable bonds is 6. The fourth-order valence-corrected chi connectivity index (χ4v) is 5.48. The van der Waals surface area contributed by atoms with Gasteiger partial charge in [0.05, 0.1) is 0 Å². The van der Waals surface area contributed by atoms with Gasteiger partial charge in [-0.1, -0.05) is 104 Å². The zero-order chi connectivity index (χ0) is 25.4. The molecule has 0 fully saturated rings. The Morgan fingerprint density at radius 1 is 0.595 bits per heavy atom. The van der Waals surface area contributed by atoms with Crippen LogP contribution in [0.2, 0.25) is 0 Å². The van der Waals surface area contributed by atoms with Gasteiger partial charge in [-0.05, 0) is 69.8 Å². The number of nitrogens with zero attached hydrogens (tertiary/aromatic N) is 2. The molecule has 1 aliphatic carbocycles. The Kier molecular flexibility index (Phi) is 5.73. The van der Waals surface area contributed by atoms with Crippen molar-refractivity contribution in [1.29, 1.82) is 0 Å². The largest absolute Gasteiger partial charge is 0.374 e. The van der Waals surface area contributed by atoms with Gasteiger partial charge in [0.1, 0.15) is 0 Å². The second-order valence-corrected chi connectivity index (χ2v) is 9.97. The van der Waals surface area contributed by atoms with Crippen LogP contribution >= 0.6 is 0 Å². The minimum absolute atomic E-state index is 0.0841. The summed E-state index contributed by atoms with van der Waals surface area (Å²) < 4.78 is 0. The summed E-state index contributed by atoms with van der Waals surface area (Å²) in [6.07, 6.45) is 0. The zero-order valence-corrected chi connectivity index (χ0v) is 20.9. The SMILES string of the molecule is CC1(C)c2ccccc2-c2ccc(N(c3ccc([B]N=O)cc3)c3ccc(-c4ccccc4)cc3)cc21. The smallest absolute Gasteiger partial charge is 0.310 e. The summed E-state index contributed by atoms with van der Waals surface area (Å²) in [5.74, 6) is 0. The molecule has 0 saturated heterocycles. The van der Waals surface area contributed by atoms with E-state index >= 15 is 0 Å². The van der Waals surface area contributed by atoms with E-state index in [1.165, 1.54) is 40.8 Å². The van der Waals surface area contributed by atoms with Crippen LogP contribution in [0, 0.1) is 4.91 Å². The van der Waals surface area contributed by atoms with Gasteiger partial charge in [-0.2, -0.15) is 4.91 Å². The molecule has 0 unspecified atom stereocenters. The lowest BCUT2D eigenvalue weighted by Crippen LogP contribution is -2.17. The van der Waals surface area contributed by atoms with Crippen molar-refractivity contribution in [2.24, 2.45) is 5.09 Å². The standard InChI is InChI=1S/C33H26BN2O/c1-33(2)31-11-7-6-10-29(31)30-21-20-28(22-32(30)33)36(27-18-14-25(15-19-27)34-35-37)26-16-12-24(13-17-26)23-8-4-3-5-9-23/h3-22H,1-2H3. The van der Waals surface area contributed by atoms with E-state index in [1.54, 1.807) is 0 Å². The maximum atomic E-state index is 10.7. The van der Waals surface area contributed by atoms with E-state index < -0.39 is 0 Å². The molecule has 0 spiro atoms. The fourth-order valence-electron chi connectivity index (χ4n) is 5.48. The molecule has 5 aromatic rings. The van der Waals surface area contributed by atoms with Crippen LogP contribution in [-0.2, 0) is 5.41 Å². The second-order valence-electron chi connectivity index (χ2n) is 9.97. The number of anilines is 3. The maximum absolute atomic E-state index is 10.7. The van der Waals surface area contributed by atoms with Gasteiger partial charge in [-0.15, -0.1) is 5.09 Å². The molecule has 3 nitrogen and oxygen atoms in total. The van der Waals surface area contributed by atoms with Crippen LogP contribution in [0.25, 0.3) is 22.3 Å². The van der Waals surface area contributed by atoms with Gasteiger partial charge in [0.2, 0.25) is 0 Å². The van der Waals surface area contributed by atoms with Crippen molar-refractivity contribution in [2.45, 2.75) is 19.3 Å². The van der Waals surface area contributed by atoms with Gasteiger partial charge in [0.15, 0.2) is 0 Å². The molecule has 0 aliphatic heterocycles. The average Bonchev–Trinajstić information content (AvgIpc) is 3.17. The number of benzene rings is 5. The molecule has 0 atom stereocenters. The monoisotopic (exact) mass is 477 g/mol. The predicted octanol–water partition coefficient (Wildman–Crippen LogP) is 8.14. The molecule has 0 saturated carbocycles. The Balaban J connectivity index is 1.46. The van der Waals surface area contributed by atoms with Gasteiger partial charge in [-0.3, -0.25) is 0 Å². The minimum atomic E-state index is -0.0841. The van der Waals surface area contributed by atoms with Crippen LogP contribution in [0.3, 0.4) is 0 Å². The topological polar surface area (TPSA) is 32.7 Å². The van der Waals surface area contributed by atoms with Crippen LogP contribution in [0.4, 0.5) is 17.1 Å². The van der Waals surface area contributed by atoms with Crippen LogP contribution < -0.4 is 10.4 Å². The summed E-state index contributed by atoms with van der Waals surface area (Å²) in [6, 6.07) is 42.5. The first-order valence-corrected chi connectivity index (χ1v) is 12.5. The highest BCUT2D eigenvalue weighted by Crippen LogP contribution is 2.50. The van der Waals surface area contributed by atoms with Crippen LogP contribution in [0.1, 0.15) is 25.0 Å². The van der Waals surface area contributed by atoms with Crippen molar-refractivity contribution in [3.8, 4) is 22.3 Å². The quantitative estimate of drug-likeness (QED) is 0.183. The lowest BCUT2D eigenvalue weighted by atomic mass is 9.82. The maximum Gasteiger partial charge on any atom is 0.374 e. The van der Waals surface area contributed by atoms with Crippen molar-refractivity contribution < 1.29 is 0 Å². The molecular weight excluding hydrogens is 451 g/mol. The van der Waals surface area contributed by atoms with Gasteiger partial charge >= 0.3 is 7.41 Å². The van der Waals surface area contributed by atoms with Crippen molar-refractivity contribution in [3.63, 3.8) is 0 Å². The summed E-state index contributed by atoms with van der Waals surface area (Å²) >= 11 is 0. The molecule has 0 bridgehead atoms. The number of hydrogen-bond acceptors (Lipinski definition) is 3. The van der Waals surface area contributed by atoms with Crippen LogP contribution in [0.15, 0.2) is 126 Å². The Morgan fingerprint density at radius 3 is 1.86 bits per heavy atom. The Bertz CT molecular complexity index is 1580. The molecule has 1 aliphatic rings. The molecule has 0 heterocycles. The van der Waals surface area contributed by atoms with E-state index in [9.17, 15) is 4.91 Å². The first kappa shape index (κ1) is 23.0. The Labute approximate surface area is 218 Å². The van der Waals surface area contributed by atoms with Crippen molar-refractivity contribution in [3.05, 3.63) is 137 Å². The molecule has 0 amide bonds. The highest BCUT2D eigenvalue weighted by Gasteiger charge is 2.35. The van der Waals surface area contributed by atoms with Crippen molar-refractivity contribution >= 4 is 29.9 Å². The molecule has 1 radical (unpaired) electrons. The van der Waals surface area contributed by atoms with Gasteiger partial charge in [0.25, 0.3) is 0 Å². The third-order valence-electron chi connectivity index (χ3n) is 7.41. The molecule has 177 valence electrons. The highest BCUT2D eigenvalue weighted by atomic mass is 16.2. The summed E-state index contributed by atoms with van der Waals surface area (Å²) in [5.41, 5.74) is 11.5. The van der Waals surface area contributed by atoms with Crippen molar-refractivity contribution in [1.82, 2.24) is 0 Å². The predicted molar refractivity (Wildman–Crippen MR) is 155 cm³/mol. The normalized spacial score (nSPS) is 12.9. The Morgan fingerprint density at radius 2 is 1.16 bits per heavy atom. The van der Waals surface area contributed by atoms with Crippen molar-refractivity contribution in [2.75, 3.05) is 4.90 Å². The first-order valence-electron chi connectivity index (χ1n) is 12.5. The molecule has 6 rings (SSSR count). The number of nitroso groups, excluding NO2 is 1. The second kappa shape index (κ2) is 9.22. The van der Waals surface area contributed by atoms with E-state index in [0.717, 1.165) is 22.5 Å². The third kappa shape index (κ3) is 4.05. The van der Waals surface area contributed by atoms with Gasteiger partial charge < -0.3 is 4.90 Å². The molecule has 0 aromatic heterocycles. The zero-order valence-electron chi connectivity index (χ0n) is 20.9. The highest BCUT2D eigenvalue weighted by molar-refractivity contribution is 6.51. The van der Waals surface area contributed by atoms with Gasteiger partial charge in [-0.25, -0.2) is 0 Å². The Hall–Kier alpha value is -4.44. The summed E-state index contributed by atoms with van der Waals surface area (Å²) in [5, 5.41) is 2.92. The summed E-state index contributed by atoms with van der Waals surface area (Å²) in [7, 11) is 1.33. The molecule has 0 N–H and O–H groups in total. The molecule has 37 heavy (non-hydrogen) atoms. The van der Waals surface area contributed by atoms with E-state index in [2.05, 4.69) is 115 Å². The molecule has 4 heteroatoms. The minimum Gasteiger partial charge on any atom is -0.310 e. The van der Waals surface area contributed by atoms with Crippen LogP contribution in [-0.4, -0.2) is 7.41 Å². The molecule has 5 aromatic carbocycles. The molecular formula is C33H26BN2O. The average molecular weight is 477 g/mol. The van der Waals surface area contributed by atoms with E-state index in [4.69, 9.17) is 0 Å². The van der Waals surface area contributed by atoms with Crippen LogP contribution in [0.5, 0.6) is 0 Å². The van der Waals surface area contributed by atoms with E-state index in [-0.39, 0.29) is 5.41 Å².